The van der Waals surface area contributed by atoms with Gasteiger partial charge in [0, 0.05) is 10.8 Å². The van der Waals surface area contributed by atoms with Gasteiger partial charge in [-0.05, 0) is 53.8 Å². The van der Waals surface area contributed by atoms with Crippen LogP contribution in [0.1, 0.15) is 64.7 Å². The summed E-state index contributed by atoms with van der Waals surface area (Å²) in [5.74, 6) is 0.887. The van der Waals surface area contributed by atoms with Crippen molar-refractivity contribution in [2.45, 2.75) is 58.8 Å². The second-order valence-electron chi connectivity index (χ2n) is 7.50. The van der Waals surface area contributed by atoms with Gasteiger partial charge in [0.1, 0.15) is 12.0 Å². The summed E-state index contributed by atoms with van der Waals surface area (Å²) in [6.45, 7) is 13.7. The third-order valence-electron chi connectivity index (χ3n) is 4.58. The van der Waals surface area contributed by atoms with Crippen molar-refractivity contribution in [3.63, 3.8) is 0 Å². The Balaban J connectivity index is 2.75. The van der Waals surface area contributed by atoms with Crippen molar-refractivity contribution in [2.75, 3.05) is 6.61 Å². The predicted octanol–water partition coefficient (Wildman–Crippen LogP) is 5.20. The molecule has 2 rings (SSSR count). The predicted molar refractivity (Wildman–Crippen MR) is 97.1 cm³/mol. The number of carbonyl (C=O) groups is 1. The van der Waals surface area contributed by atoms with Crippen LogP contribution < -0.4 is 4.74 Å². The quantitative estimate of drug-likeness (QED) is 0.424. The molecule has 2 nitrogen and oxygen atoms in total. The minimum Gasteiger partial charge on any atom is -0.494 e. The maximum absolute atomic E-state index is 11.0. The molecule has 1 aromatic rings. The fourth-order valence-electron chi connectivity index (χ4n) is 3.21. The summed E-state index contributed by atoms with van der Waals surface area (Å²) < 4.78 is 5.91. The topological polar surface area (TPSA) is 26.3 Å². The number of rotatable bonds is 5. The molecule has 0 amide bonds. The summed E-state index contributed by atoms with van der Waals surface area (Å²) in [6.07, 6.45) is 8.03. The number of allylic oxidation sites excluding steroid dienone is 4. The van der Waals surface area contributed by atoms with Gasteiger partial charge in [-0.15, -0.1) is 0 Å². The third-order valence-corrected chi connectivity index (χ3v) is 4.58. The molecule has 23 heavy (non-hydrogen) atoms. The largest absolute Gasteiger partial charge is 0.494 e. The summed E-state index contributed by atoms with van der Waals surface area (Å²) in [7, 11) is 0. The van der Waals surface area contributed by atoms with Crippen LogP contribution in [0.5, 0.6) is 5.75 Å². The molecule has 1 aromatic carbocycles. The standard InChI is InChI=1S/C21H28O2/c1-7-12-23-16-13-17(15(2)8-11-22)19-18(14-16)20(3,4)9-10-21(19,5)6/h8-11,13-14H,7,12H2,1-6H3/b15-8-. The molecule has 0 fully saturated rings. The molecule has 0 aliphatic heterocycles. The van der Waals surface area contributed by atoms with Crippen LogP contribution in [0, 0.1) is 0 Å². The number of ether oxygens (including phenoxy) is 1. The molecule has 0 unspecified atom stereocenters. The van der Waals surface area contributed by atoms with Gasteiger partial charge in [0.05, 0.1) is 6.61 Å². The molecule has 0 saturated carbocycles. The number of benzene rings is 1. The van der Waals surface area contributed by atoms with Gasteiger partial charge in [0.25, 0.3) is 0 Å². The summed E-state index contributed by atoms with van der Waals surface area (Å²) in [5, 5.41) is 0. The molecule has 1 aliphatic rings. The monoisotopic (exact) mass is 312 g/mol. The second kappa shape index (κ2) is 6.35. The molecule has 0 N–H and O–H groups in total. The Morgan fingerprint density at radius 3 is 2.39 bits per heavy atom. The summed E-state index contributed by atoms with van der Waals surface area (Å²) >= 11 is 0. The van der Waals surface area contributed by atoms with Crippen LogP contribution in [0.3, 0.4) is 0 Å². The third kappa shape index (κ3) is 3.41. The molecular weight excluding hydrogens is 284 g/mol. The molecule has 0 atom stereocenters. The first kappa shape index (κ1) is 17.5. The molecule has 2 heteroatoms. The lowest BCUT2D eigenvalue weighted by Crippen LogP contribution is -2.30. The fourth-order valence-corrected chi connectivity index (χ4v) is 3.21. The molecule has 0 spiro atoms. The van der Waals surface area contributed by atoms with Crippen molar-refractivity contribution >= 4 is 11.9 Å². The highest BCUT2D eigenvalue weighted by Gasteiger charge is 2.35. The van der Waals surface area contributed by atoms with Crippen molar-refractivity contribution in [1.82, 2.24) is 0 Å². The first-order valence-electron chi connectivity index (χ1n) is 8.37. The van der Waals surface area contributed by atoms with E-state index in [0.717, 1.165) is 29.6 Å². The average Bonchev–Trinajstić information content (AvgIpc) is 2.49. The molecule has 1 aliphatic carbocycles. The van der Waals surface area contributed by atoms with Crippen LogP contribution in [0.4, 0.5) is 0 Å². The van der Waals surface area contributed by atoms with Crippen molar-refractivity contribution in [1.29, 1.82) is 0 Å². The van der Waals surface area contributed by atoms with Crippen molar-refractivity contribution < 1.29 is 9.53 Å². The van der Waals surface area contributed by atoms with E-state index in [9.17, 15) is 4.79 Å². The normalized spacial score (nSPS) is 18.4. The number of fused-ring (bicyclic) bond motifs is 1. The Morgan fingerprint density at radius 1 is 1.13 bits per heavy atom. The van der Waals surface area contributed by atoms with E-state index in [-0.39, 0.29) is 10.8 Å². The molecule has 0 bridgehead atoms. The minimum absolute atomic E-state index is 0.0490. The van der Waals surface area contributed by atoms with Gasteiger partial charge in [-0.25, -0.2) is 0 Å². The Kier molecular flexibility index (Phi) is 4.84. The van der Waals surface area contributed by atoms with Crippen LogP contribution in [0.15, 0.2) is 30.4 Å². The molecule has 0 radical (unpaired) electrons. The van der Waals surface area contributed by atoms with Gasteiger partial charge in [-0.1, -0.05) is 46.8 Å². The van der Waals surface area contributed by atoms with E-state index >= 15 is 0 Å². The summed E-state index contributed by atoms with van der Waals surface area (Å²) in [6, 6.07) is 4.26. The smallest absolute Gasteiger partial charge is 0.143 e. The van der Waals surface area contributed by atoms with Crippen LogP contribution in [-0.2, 0) is 15.6 Å². The van der Waals surface area contributed by atoms with E-state index in [1.807, 2.05) is 6.92 Å². The highest BCUT2D eigenvalue weighted by Crippen LogP contribution is 2.46. The maximum atomic E-state index is 11.0. The van der Waals surface area contributed by atoms with Crippen molar-refractivity contribution in [3.8, 4) is 5.75 Å². The van der Waals surface area contributed by atoms with Crippen LogP contribution in [0.2, 0.25) is 0 Å². The Labute approximate surface area is 140 Å². The highest BCUT2D eigenvalue weighted by molar-refractivity contribution is 5.83. The Bertz CT molecular complexity index is 661. The van der Waals surface area contributed by atoms with Gasteiger partial charge in [0.15, 0.2) is 0 Å². The lowest BCUT2D eigenvalue weighted by molar-refractivity contribution is -0.104. The number of carbonyl (C=O) groups excluding carboxylic acids is 1. The average molecular weight is 312 g/mol. The van der Waals surface area contributed by atoms with E-state index in [1.165, 1.54) is 11.1 Å². The fraction of sp³-hybridized carbons (Fsp3) is 0.476. The molecule has 0 saturated heterocycles. The summed E-state index contributed by atoms with van der Waals surface area (Å²) in [5.41, 5.74) is 4.56. The van der Waals surface area contributed by atoms with E-state index in [2.05, 4.69) is 58.9 Å². The van der Waals surface area contributed by atoms with Crippen LogP contribution >= 0.6 is 0 Å². The van der Waals surface area contributed by atoms with Gasteiger partial charge >= 0.3 is 0 Å². The van der Waals surface area contributed by atoms with Crippen LogP contribution in [0.25, 0.3) is 5.57 Å². The molecule has 0 heterocycles. The van der Waals surface area contributed by atoms with Gasteiger partial charge in [-0.2, -0.15) is 0 Å². The number of hydrogen-bond acceptors (Lipinski definition) is 2. The van der Waals surface area contributed by atoms with Crippen molar-refractivity contribution in [2.24, 2.45) is 0 Å². The second-order valence-corrected chi connectivity index (χ2v) is 7.50. The van der Waals surface area contributed by atoms with Crippen LogP contribution in [-0.4, -0.2) is 12.9 Å². The first-order chi connectivity index (χ1) is 10.7. The molecule has 124 valence electrons. The highest BCUT2D eigenvalue weighted by atomic mass is 16.5. The van der Waals surface area contributed by atoms with Crippen molar-refractivity contribution in [3.05, 3.63) is 47.1 Å². The lowest BCUT2D eigenvalue weighted by atomic mass is 9.66. The maximum Gasteiger partial charge on any atom is 0.143 e. The number of aldehydes is 1. The van der Waals surface area contributed by atoms with Gasteiger partial charge < -0.3 is 4.74 Å². The lowest BCUT2D eigenvalue weighted by Gasteiger charge is -2.39. The first-order valence-corrected chi connectivity index (χ1v) is 8.37. The SMILES string of the molecule is CCCOc1cc(/C(C)=C\C=O)c2c(c1)C(C)(C)C=CC2(C)C. The Morgan fingerprint density at radius 2 is 1.78 bits per heavy atom. The van der Waals surface area contributed by atoms with E-state index in [4.69, 9.17) is 4.74 Å². The van der Waals surface area contributed by atoms with E-state index in [1.54, 1.807) is 6.08 Å². The molecular formula is C21H28O2. The summed E-state index contributed by atoms with van der Waals surface area (Å²) in [4.78, 5) is 11.0. The van der Waals surface area contributed by atoms with E-state index in [0.29, 0.717) is 6.61 Å². The zero-order valence-electron chi connectivity index (χ0n) is 15.2. The van der Waals surface area contributed by atoms with E-state index < -0.39 is 0 Å². The Hall–Kier alpha value is -1.83. The zero-order chi connectivity index (χ0) is 17.3. The zero-order valence-corrected chi connectivity index (χ0v) is 15.2. The number of hydrogen-bond donors (Lipinski definition) is 0. The minimum atomic E-state index is -0.0680. The van der Waals surface area contributed by atoms with Gasteiger partial charge in [0.2, 0.25) is 0 Å². The molecule has 0 aromatic heterocycles. The van der Waals surface area contributed by atoms with Gasteiger partial charge in [-0.3, -0.25) is 4.79 Å².